The summed E-state index contributed by atoms with van der Waals surface area (Å²) in [5.74, 6) is 0.782. The molecule has 0 saturated carbocycles. The van der Waals surface area contributed by atoms with Crippen LogP contribution in [0, 0.1) is 0 Å². The molecule has 0 aliphatic heterocycles. The van der Waals surface area contributed by atoms with Crippen LogP contribution >= 0.6 is 11.8 Å². The van der Waals surface area contributed by atoms with Crippen molar-refractivity contribution in [2.24, 2.45) is 0 Å². The van der Waals surface area contributed by atoms with Crippen LogP contribution in [0.3, 0.4) is 0 Å². The van der Waals surface area contributed by atoms with Gasteiger partial charge in [-0.3, -0.25) is 9.59 Å². The molecule has 122 valence electrons. The van der Waals surface area contributed by atoms with Crippen molar-refractivity contribution in [2.45, 2.75) is 12.2 Å². The summed E-state index contributed by atoms with van der Waals surface area (Å²) < 4.78 is 0. The monoisotopic (exact) mass is 339 g/mol. The molecule has 3 rings (SSSR count). The smallest absolute Gasteiger partial charge is 0.258 e. The van der Waals surface area contributed by atoms with Gasteiger partial charge in [0.15, 0.2) is 0 Å². The summed E-state index contributed by atoms with van der Waals surface area (Å²) >= 11 is 1.43. The first kappa shape index (κ1) is 16.3. The predicted octanol–water partition coefficient (Wildman–Crippen LogP) is 3.36. The van der Waals surface area contributed by atoms with Crippen molar-refractivity contribution in [1.82, 2.24) is 9.97 Å². The van der Waals surface area contributed by atoms with Gasteiger partial charge in [0.05, 0.1) is 21.9 Å². The molecule has 6 heteroatoms. The van der Waals surface area contributed by atoms with E-state index in [0.717, 1.165) is 5.69 Å². The van der Waals surface area contributed by atoms with Crippen molar-refractivity contribution in [3.63, 3.8) is 0 Å². The van der Waals surface area contributed by atoms with Crippen molar-refractivity contribution < 1.29 is 4.79 Å². The number of amides is 1. The number of nitrogens with one attached hydrogen (secondary N) is 2. The number of nitrogens with zero attached hydrogens (tertiary/aromatic N) is 1. The third-order valence-corrected chi connectivity index (χ3v) is 4.69. The largest absolute Gasteiger partial charge is 0.325 e. The van der Waals surface area contributed by atoms with Gasteiger partial charge in [0, 0.05) is 5.69 Å². The number of carbonyl (C=O) groups excluding carboxylic acids is 1. The minimum absolute atomic E-state index is 0.0822. The Morgan fingerprint density at radius 3 is 2.67 bits per heavy atom. The summed E-state index contributed by atoms with van der Waals surface area (Å²) in [5.41, 5.74) is 1.28. The molecule has 0 saturated heterocycles. The second-order valence-corrected chi connectivity index (χ2v) is 6.66. The molecular formula is C18H17N3O2S. The average molecular weight is 339 g/mol. The maximum atomic E-state index is 12.1. The highest BCUT2D eigenvalue weighted by atomic mass is 32.2. The number of anilines is 1. The highest BCUT2D eigenvalue weighted by Gasteiger charge is 2.13. The second kappa shape index (κ2) is 7.31. The van der Waals surface area contributed by atoms with Gasteiger partial charge >= 0.3 is 0 Å². The molecule has 0 spiro atoms. The minimum Gasteiger partial charge on any atom is -0.325 e. The molecule has 3 aromatic rings. The molecule has 0 aliphatic rings. The minimum atomic E-state index is -0.156. The zero-order valence-electron chi connectivity index (χ0n) is 13.2. The molecule has 1 aromatic heterocycles. The van der Waals surface area contributed by atoms with E-state index in [2.05, 4.69) is 15.3 Å². The molecular weight excluding hydrogens is 322 g/mol. The maximum Gasteiger partial charge on any atom is 0.258 e. The van der Waals surface area contributed by atoms with Crippen LogP contribution in [-0.2, 0) is 4.79 Å². The third-order valence-electron chi connectivity index (χ3n) is 3.54. The van der Waals surface area contributed by atoms with Gasteiger partial charge in [-0.2, -0.15) is 0 Å². The molecule has 0 radical (unpaired) electrons. The number of aromatic amines is 1. The zero-order valence-corrected chi connectivity index (χ0v) is 14.0. The van der Waals surface area contributed by atoms with E-state index in [1.807, 2.05) is 55.5 Å². The Bertz CT molecular complexity index is 909. The molecule has 2 aromatic carbocycles. The Morgan fingerprint density at radius 2 is 1.88 bits per heavy atom. The molecule has 5 nitrogen and oxygen atoms in total. The van der Waals surface area contributed by atoms with Gasteiger partial charge in [0.1, 0.15) is 5.82 Å². The Hall–Kier alpha value is -2.60. The molecule has 0 fully saturated rings. The van der Waals surface area contributed by atoms with Crippen LogP contribution in [0.2, 0.25) is 0 Å². The van der Waals surface area contributed by atoms with E-state index in [1.54, 1.807) is 6.07 Å². The number of H-pyrrole nitrogens is 1. The number of rotatable bonds is 5. The van der Waals surface area contributed by atoms with Crippen LogP contribution in [0.25, 0.3) is 10.9 Å². The fourth-order valence-corrected chi connectivity index (χ4v) is 3.04. The first-order valence-electron chi connectivity index (χ1n) is 7.59. The van der Waals surface area contributed by atoms with Crippen LogP contribution in [0.4, 0.5) is 5.69 Å². The number of benzene rings is 2. The van der Waals surface area contributed by atoms with Crippen LogP contribution < -0.4 is 10.9 Å². The van der Waals surface area contributed by atoms with Crippen molar-refractivity contribution in [2.75, 3.05) is 11.1 Å². The lowest BCUT2D eigenvalue weighted by Crippen LogP contribution is -2.16. The quantitative estimate of drug-likeness (QED) is 0.747. The maximum absolute atomic E-state index is 12.1. The van der Waals surface area contributed by atoms with Gasteiger partial charge in [-0.1, -0.05) is 30.3 Å². The van der Waals surface area contributed by atoms with Crippen LogP contribution in [-0.4, -0.2) is 21.6 Å². The van der Waals surface area contributed by atoms with Crippen LogP contribution in [0.1, 0.15) is 18.0 Å². The lowest BCUT2D eigenvalue weighted by Gasteiger charge is -2.11. The van der Waals surface area contributed by atoms with E-state index in [9.17, 15) is 9.59 Å². The predicted molar refractivity (Wildman–Crippen MR) is 98.3 cm³/mol. The first-order chi connectivity index (χ1) is 11.6. The molecule has 24 heavy (non-hydrogen) atoms. The molecule has 1 atom stereocenters. The van der Waals surface area contributed by atoms with Crippen LogP contribution in [0.15, 0.2) is 59.4 Å². The second-order valence-electron chi connectivity index (χ2n) is 5.34. The molecule has 0 unspecified atom stereocenters. The van der Waals surface area contributed by atoms with Gasteiger partial charge in [-0.15, -0.1) is 11.8 Å². The Kier molecular flexibility index (Phi) is 4.96. The van der Waals surface area contributed by atoms with Crippen LogP contribution in [0.5, 0.6) is 0 Å². The van der Waals surface area contributed by atoms with Gasteiger partial charge < -0.3 is 10.3 Å². The number of fused-ring (bicyclic) bond motifs is 1. The standard InChI is InChI=1S/C18H17N3O2S/c1-12(24-11-16(22)19-13-7-3-2-4-8-13)17-20-15-10-6-5-9-14(15)18(23)21-17/h2-10,12H,11H2,1H3,(H,19,22)(H,20,21,23)/t12-/m1/s1. The number of aromatic nitrogens is 2. The zero-order chi connectivity index (χ0) is 16.9. The number of hydrogen-bond acceptors (Lipinski definition) is 4. The molecule has 2 N–H and O–H groups in total. The van der Waals surface area contributed by atoms with Gasteiger partial charge in [-0.05, 0) is 31.2 Å². The molecule has 0 bridgehead atoms. The lowest BCUT2D eigenvalue weighted by molar-refractivity contribution is -0.113. The highest BCUT2D eigenvalue weighted by Crippen LogP contribution is 2.25. The van der Waals surface area contributed by atoms with E-state index >= 15 is 0 Å². The summed E-state index contributed by atoms with van der Waals surface area (Å²) in [5, 5.41) is 3.31. The van der Waals surface area contributed by atoms with Gasteiger partial charge in [-0.25, -0.2) is 4.98 Å². The van der Waals surface area contributed by atoms with E-state index in [1.165, 1.54) is 11.8 Å². The third kappa shape index (κ3) is 3.83. The summed E-state index contributed by atoms with van der Waals surface area (Å²) in [7, 11) is 0. The molecule has 1 amide bonds. The first-order valence-corrected chi connectivity index (χ1v) is 8.64. The SMILES string of the molecule is C[C@@H](SCC(=O)Nc1ccccc1)c1nc2ccccc2c(=O)[nH]1. The van der Waals surface area contributed by atoms with Crippen molar-refractivity contribution >= 4 is 34.3 Å². The van der Waals surface area contributed by atoms with Crippen molar-refractivity contribution in [1.29, 1.82) is 0 Å². The fraction of sp³-hybridized carbons (Fsp3) is 0.167. The van der Waals surface area contributed by atoms with E-state index in [4.69, 9.17) is 0 Å². The van der Waals surface area contributed by atoms with E-state index in [-0.39, 0.29) is 22.5 Å². The van der Waals surface area contributed by atoms with Crippen molar-refractivity contribution in [3.8, 4) is 0 Å². The summed E-state index contributed by atoms with van der Waals surface area (Å²) in [6.07, 6.45) is 0. The topological polar surface area (TPSA) is 74.8 Å². The van der Waals surface area contributed by atoms with E-state index in [0.29, 0.717) is 16.7 Å². The highest BCUT2D eigenvalue weighted by molar-refractivity contribution is 8.00. The molecule has 1 heterocycles. The fourth-order valence-electron chi connectivity index (χ4n) is 2.30. The number of thioether (sulfide) groups is 1. The normalized spacial score (nSPS) is 12.0. The Labute approximate surface area is 143 Å². The van der Waals surface area contributed by atoms with Crippen molar-refractivity contribution in [3.05, 3.63) is 70.8 Å². The molecule has 0 aliphatic carbocycles. The number of carbonyl (C=O) groups is 1. The van der Waals surface area contributed by atoms with Gasteiger partial charge in [0.2, 0.25) is 5.91 Å². The Morgan fingerprint density at radius 1 is 1.17 bits per heavy atom. The number of hydrogen-bond donors (Lipinski definition) is 2. The summed E-state index contributed by atoms with van der Waals surface area (Å²) in [6.45, 7) is 1.92. The number of para-hydroxylation sites is 2. The Balaban J connectivity index is 1.66. The average Bonchev–Trinajstić information content (AvgIpc) is 2.60. The van der Waals surface area contributed by atoms with E-state index < -0.39 is 0 Å². The lowest BCUT2D eigenvalue weighted by atomic mass is 10.2. The summed E-state index contributed by atoms with van der Waals surface area (Å²) in [4.78, 5) is 31.4. The summed E-state index contributed by atoms with van der Waals surface area (Å²) in [6, 6.07) is 16.5. The van der Waals surface area contributed by atoms with Gasteiger partial charge in [0.25, 0.3) is 5.56 Å².